The third-order valence-corrected chi connectivity index (χ3v) is 2.21. The minimum Gasteiger partial charge on any atom is -0.368 e. The van der Waals surface area contributed by atoms with Gasteiger partial charge in [0.05, 0.1) is 6.54 Å². The lowest BCUT2D eigenvalue weighted by Crippen LogP contribution is -2.20. The summed E-state index contributed by atoms with van der Waals surface area (Å²) in [6.45, 7) is 3.98. The van der Waals surface area contributed by atoms with Gasteiger partial charge in [-0.3, -0.25) is 9.98 Å². The number of pyridine rings is 1. The van der Waals surface area contributed by atoms with E-state index in [9.17, 15) is 0 Å². The van der Waals surface area contributed by atoms with Gasteiger partial charge >= 0.3 is 0 Å². The molecule has 0 aromatic carbocycles. The van der Waals surface area contributed by atoms with E-state index in [1.54, 1.807) is 0 Å². The molecule has 3 nitrogen and oxygen atoms in total. The van der Waals surface area contributed by atoms with Crippen LogP contribution < -0.4 is 5.32 Å². The van der Waals surface area contributed by atoms with Crippen LogP contribution in [-0.2, 0) is 6.42 Å². The van der Waals surface area contributed by atoms with Crippen molar-refractivity contribution in [2.24, 2.45) is 4.99 Å². The van der Waals surface area contributed by atoms with Crippen LogP contribution in [0.4, 0.5) is 0 Å². The summed E-state index contributed by atoms with van der Waals surface area (Å²) < 4.78 is 0. The zero-order valence-electron chi connectivity index (χ0n) is 7.75. The van der Waals surface area contributed by atoms with Gasteiger partial charge in [-0.05, 0) is 18.1 Å². The second-order valence-electron chi connectivity index (χ2n) is 3.04. The Kier molecular flexibility index (Phi) is 2.25. The van der Waals surface area contributed by atoms with Crippen molar-refractivity contribution in [3.63, 3.8) is 0 Å². The average molecular weight is 175 g/mol. The maximum atomic E-state index is 4.39. The number of nitrogens with one attached hydrogen (secondary N) is 1. The molecule has 0 atom stereocenters. The lowest BCUT2D eigenvalue weighted by molar-refractivity contribution is 0.958. The van der Waals surface area contributed by atoms with Crippen LogP contribution in [0.5, 0.6) is 0 Å². The van der Waals surface area contributed by atoms with Gasteiger partial charge in [0.25, 0.3) is 0 Å². The largest absolute Gasteiger partial charge is 0.368 e. The number of aryl methyl sites for hydroxylation is 1. The Morgan fingerprint density at radius 2 is 2.46 bits per heavy atom. The van der Waals surface area contributed by atoms with Gasteiger partial charge in [0.1, 0.15) is 5.84 Å². The predicted octanol–water partition coefficient (Wildman–Crippen LogP) is 0.994. The normalized spacial score (nSPS) is 15.3. The van der Waals surface area contributed by atoms with E-state index in [0.29, 0.717) is 0 Å². The summed E-state index contributed by atoms with van der Waals surface area (Å²) in [6, 6.07) is 2.02. The Bertz CT molecular complexity index is 331. The molecule has 0 fully saturated rings. The summed E-state index contributed by atoms with van der Waals surface area (Å²) in [5, 5.41) is 3.27. The smallest absolute Gasteiger partial charge is 0.128 e. The first-order chi connectivity index (χ1) is 6.42. The molecule has 0 saturated carbocycles. The fourth-order valence-corrected chi connectivity index (χ4v) is 1.52. The van der Waals surface area contributed by atoms with Crippen molar-refractivity contribution in [3.8, 4) is 0 Å². The standard InChI is InChI=1S/C10H13N3/c1-2-8-7-11-4-3-9(8)10-12-5-6-13-10/h3-4,7H,2,5-6H2,1H3,(H,12,13). The third-order valence-electron chi connectivity index (χ3n) is 2.21. The van der Waals surface area contributed by atoms with Gasteiger partial charge in [0, 0.05) is 24.5 Å². The zero-order chi connectivity index (χ0) is 9.10. The van der Waals surface area contributed by atoms with Crippen molar-refractivity contribution in [1.29, 1.82) is 0 Å². The van der Waals surface area contributed by atoms with Gasteiger partial charge in [0.2, 0.25) is 0 Å². The minimum atomic E-state index is 0.890. The molecule has 0 amide bonds. The molecule has 0 aliphatic carbocycles. The minimum absolute atomic E-state index is 0.890. The Balaban J connectivity index is 2.38. The number of rotatable bonds is 2. The SMILES string of the molecule is CCc1cnccc1C1=NCCN1. The molecule has 0 bridgehead atoms. The molecule has 0 saturated heterocycles. The van der Waals surface area contributed by atoms with Crippen molar-refractivity contribution < 1.29 is 0 Å². The predicted molar refractivity (Wildman–Crippen MR) is 53.0 cm³/mol. The maximum absolute atomic E-state index is 4.39. The molecule has 1 aliphatic rings. The quantitative estimate of drug-likeness (QED) is 0.728. The van der Waals surface area contributed by atoms with E-state index >= 15 is 0 Å². The molecule has 1 aromatic rings. The Morgan fingerprint density at radius 3 is 3.15 bits per heavy atom. The van der Waals surface area contributed by atoms with Crippen molar-refractivity contribution in [2.75, 3.05) is 13.1 Å². The van der Waals surface area contributed by atoms with Crippen LogP contribution in [-0.4, -0.2) is 23.9 Å². The van der Waals surface area contributed by atoms with Gasteiger partial charge in [-0.1, -0.05) is 6.92 Å². The fraction of sp³-hybridized carbons (Fsp3) is 0.400. The van der Waals surface area contributed by atoms with Gasteiger partial charge in [0.15, 0.2) is 0 Å². The van der Waals surface area contributed by atoms with E-state index in [-0.39, 0.29) is 0 Å². The molecular formula is C10H13N3. The first-order valence-corrected chi connectivity index (χ1v) is 4.63. The van der Waals surface area contributed by atoms with E-state index < -0.39 is 0 Å². The van der Waals surface area contributed by atoms with Crippen LogP contribution in [0.1, 0.15) is 18.1 Å². The number of aromatic nitrogens is 1. The molecule has 2 rings (SSSR count). The van der Waals surface area contributed by atoms with E-state index in [2.05, 4.69) is 22.2 Å². The number of hydrogen-bond donors (Lipinski definition) is 1. The molecule has 13 heavy (non-hydrogen) atoms. The molecular weight excluding hydrogens is 162 g/mol. The molecule has 1 aliphatic heterocycles. The summed E-state index contributed by atoms with van der Waals surface area (Å²) >= 11 is 0. The lowest BCUT2D eigenvalue weighted by Gasteiger charge is -2.06. The Labute approximate surface area is 77.9 Å². The van der Waals surface area contributed by atoms with E-state index in [0.717, 1.165) is 25.3 Å². The second kappa shape index (κ2) is 3.56. The zero-order valence-corrected chi connectivity index (χ0v) is 7.75. The van der Waals surface area contributed by atoms with Crippen LogP contribution in [0.2, 0.25) is 0 Å². The van der Waals surface area contributed by atoms with Crippen LogP contribution in [0, 0.1) is 0 Å². The van der Waals surface area contributed by atoms with E-state index in [1.807, 2.05) is 18.5 Å². The summed E-state index contributed by atoms with van der Waals surface area (Å²) in [6.07, 6.45) is 4.73. The van der Waals surface area contributed by atoms with Crippen LogP contribution in [0.15, 0.2) is 23.5 Å². The molecule has 2 heterocycles. The average Bonchev–Trinajstić information content (AvgIpc) is 2.70. The number of aliphatic imine (C=N–C) groups is 1. The number of hydrogen-bond acceptors (Lipinski definition) is 3. The Hall–Kier alpha value is -1.38. The monoisotopic (exact) mass is 175 g/mol. The summed E-state index contributed by atoms with van der Waals surface area (Å²) in [5.41, 5.74) is 2.46. The first kappa shape index (κ1) is 8.23. The van der Waals surface area contributed by atoms with Gasteiger partial charge in [-0.25, -0.2) is 0 Å². The first-order valence-electron chi connectivity index (χ1n) is 4.63. The summed E-state index contributed by atoms with van der Waals surface area (Å²) in [4.78, 5) is 8.50. The van der Waals surface area contributed by atoms with Crippen LogP contribution in [0.3, 0.4) is 0 Å². The van der Waals surface area contributed by atoms with Gasteiger partial charge in [-0.2, -0.15) is 0 Å². The third kappa shape index (κ3) is 1.54. The molecule has 0 radical (unpaired) electrons. The summed E-state index contributed by atoms with van der Waals surface area (Å²) in [5.74, 6) is 1.03. The van der Waals surface area contributed by atoms with Gasteiger partial charge < -0.3 is 5.32 Å². The topological polar surface area (TPSA) is 37.3 Å². The number of nitrogens with zero attached hydrogens (tertiary/aromatic N) is 2. The maximum Gasteiger partial charge on any atom is 0.128 e. The fourth-order valence-electron chi connectivity index (χ4n) is 1.52. The highest BCUT2D eigenvalue weighted by molar-refractivity contribution is 6.00. The summed E-state index contributed by atoms with van der Waals surface area (Å²) in [7, 11) is 0. The van der Waals surface area contributed by atoms with Gasteiger partial charge in [-0.15, -0.1) is 0 Å². The number of amidine groups is 1. The Morgan fingerprint density at radius 1 is 1.54 bits per heavy atom. The highest BCUT2D eigenvalue weighted by Gasteiger charge is 2.10. The van der Waals surface area contributed by atoms with Crippen molar-refractivity contribution in [2.45, 2.75) is 13.3 Å². The van der Waals surface area contributed by atoms with Crippen LogP contribution >= 0.6 is 0 Å². The van der Waals surface area contributed by atoms with Crippen molar-refractivity contribution >= 4 is 5.84 Å². The van der Waals surface area contributed by atoms with E-state index in [1.165, 1.54) is 11.1 Å². The highest BCUT2D eigenvalue weighted by Crippen LogP contribution is 2.09. The molecule has 1 aromatic heterocycles. The second-order valence-corrected chi connectivity index (χ2v) is 3.04. The molecule has 3 heteroatoms. The van der Waals surface area contributed by atoms with Crippen molar-refractivity contribution in [3.05, 3.63) is 29.6 Å². The van der Waals surface area contributed by atoms with E-state index in [4.69, 9.17) is 0 Å². The molecule has 0 unspecified atom stereocenters. The van der Waals surface area contributed by atoms with Crippen molar-refractivity contribution in [1.82, 2.24) is 10.3 Å². The molecule has 68 valence electrons. The molecule has 0 spiro atoms. The molecule has 1 N–H and O–H groups in total. The lowest BCUT2D eigenvalue weighted by atomic mass is 10.1. The van der Waals surface area contributed by atoms with Crippen LogP contribution in [0.25, 0.3) is 0 Å². The highest BCUT2D eigenvalue weighted by atomic mass is 15.1.